The molecule has 0 unspecified atom stereocenters. The minimum Gasteiger partial charge on any atom is -0.345 e. The zero-order valence-electron chi connectivity index (χ0n) is 12.0. The van der Waals surface area contributed by atoms with Gasteiger partial charge in [-0.3, -0.25) is 0 Å². The van der Waals surface area contributed by atoms with E-state index in [0.717, 1.165) is 25.3 Å². The van der Waals surface area contributed by atoms with E-state index in [4.69, 9.17) is 9.97 Å². The highest BCUT2D eigenvalue weighted by Gasteiger charge is 2.25. The van der Waals surface area contributed by atoms with Crippen LogP contribution in [0.3, 0.4) is 0 Å². The van der Waals surface area contributed by atoms with E-state index < -0.39 is 0 Å². The van der Waals surface area contributed by atoms with E-state index in [9.17, 15) is 0 Å². The van der Waals surface area contributed by atoms with Crippen molar-refractivity contribution < 1.29 is 5.32 Å². The lowest BCUT2D eigenvalue weighted by atomic mass is 10.1. The Kier molecular flexibility index (Phi) is 3.11. The Morgan fingerprint density at radius 3 is 2.85 bits per heavy atom. The van der Waals surface area contributed by atoms with Crippen molar-refractivity contribution in [3.05, 3.63) is 16.3 Å². The summed E-state index contributed by atoms with van der Waals surface area (Å²) in [4.78, 5) is 15.0. The summed E-state index contributed by atoms with van der Waals surface area (Å²) >= 11 is 1.91. The fourth-order valence-electron chi connectivity index (χ4n) is 3.37. The molecule has 4 rings (SSSR count). The molecule has 0 bridgehead atoms. The van der Waals surface area contributed by atoms with Gasteiger partial charge in [0.25, 0.3) is 0 Å². The third-order valence-electron chi connectivity index (χ3n) is 4.41. The number of aromatic nitrogens is 2. The number of quaternary nitrogens is 1. The highest BCUT2D eigenvalue weighted by atomic mass is 32.1. The number of anilines is 1. The maximum Gasteiger partial charge on any atom is 0.141 e. The van der Waals surface area contributed by atoms with Crippen LogP contribution in [-0.2, 0) is 19.3 Å². The quantitative estimate of drug-likeness (QED) is 0.901. The van der Waals surface area contributed by atoms with Crippen LogP contribution in [0.1, 0.15) is 29.6 Å². The normalized spacial score (nSPS) is 18.8. The van der Waals surface area contributed by atoms with Gasteiger partial charge in [-0.2, -0.15) is 0 Å². The Labute approximate surface area is 123 Å². The number of rotatable bonds is 2. The minimum absolute atomic E-state index is 0.922. The van der Waals surface area contributed by atoms with E-state index in [1.165, 1.54) is 48.4 Å². The molecule has 2 aromatic rings. The van der Waals surface area contributed by atoms with Gasteiger partial charge in [0, 0.05) is 11.3 Å². The van der Waals surface area contributed by atoms with Crippen molar-refractivity contribution in [2.75, 3.05) is 31.1 Å². The van der Waals surface area contributed by atoms with Gasteiger partial charge < -0.3 is 10.2 Å². The van der Waals surface area contributed by atoms with Crippen LogP contribution in [0.5, 0.6) is 0 Å². The second-order valence-corrected chi connectivity index (χ2v) is 6.79. The van der Waals surface area contributed by atoms with Crippen molar-refractivity contribution in [1.29, 1.82) is 0 Å². The SMILES string of the molecule is CCc1nc(N2CC[NH2+]CC2)c2c3c(sc2n1)CCC3. The van der Waals surface area contributed by atoms with E-state index in [2.05, 4.69) is 17.1 Å². The third-order valence-corrected chi connectivity index (χ3v) is 5.60. The first-order valence-corrected chi connectivity index (χ1v) is 8.56. The standard InChI is InChI=1S/C15H20N4S/c1-2-12-17-14(19-8-6-16-7-9-19)13-10-4-3-5-11(10)20-15(13)18-12/h16H,2-9H2,1H3/p+1. The molecule has 0 atom stereocenters. The molecule has 0 saturated carbocycles. The number of piperazine rings is 1. The highest BCUT2D eigenvalue weighted by Crippen LogP contribution is 2.40. The largest absolute Gasteiger partial charge is 0.345 e. The molecule has 2 aliphatic rings. The van der Waals surface area contributed by atoms with Crippen molar-refractivity contribution in [2.24, 2.45) is 0 Å². The smallest absolute Gasteiger partial charge is 0.141 e. The number of hydrogen-bond acceptors (Lipinski definition) is 4. The Hall–Kier alpha value is -1.20. The van der Waals surface area contributed by atoms with Crippen LogP contribution in [0.25, 0.3) is 10.2 Å². The van der Waals surface area contributed by atoms with E-state index in [1.54, 1.807) is 10.4 Å². The molecule has 20 heavy (non-hydrogen) atoms. The summed E-state index contributed by atoms with van der Waals surface area (Å²) < 4.78 is 0. The second kappa shape index (κ2) is 4.97. The fourth-order valence-corrected chi connectivity index (χ4v) is 4.64. The highest BCUT2D eigenvalue weighted by molar-refractivity contribution is 7.19. The van der Waals surface area contributed by atoms with Crippen LogP contribution in [-0.4, -0.2) is 36.1 Å². The van der Waals surface area contributed by atoms with Crippen LogP contribution >= 0.6 is 11.3 Å². The monoisotopic (exact) mass is 289 g/mol. The average molecular weight is 289 g/mol. The van der Waals surface area contributed by atoms with Gasteiger partial charge in [-0.05, 0) is 24.8 Å². The Balaban J connectivity index is 1.91. The third kappa shape index (κ3) is 1.91. The Morgan fingerprint density at radius 1 is 1.20 bits per heavy atom. The first-order valence-electron chi connectivity index (χ1n) is 7.74. The molecule has 5 heteroatoms. The molecule has 1 aliphatic heterocycles. The molecule has 0 spiro atoms. The molecule has 0 amide bonds. The van der Waals surface area contributed by atoms with Gasteiger partial charge >= 0.3 is 0 Å². The molecule has 4 nitrogen and oxygen atoms in total. The van der Waals surface area contributed by atoms with Crippen molar-refractivity contribution in [1.82, 2.24) is 9.97 Å². The van der Waals surface area contributed by atoms with Gasteiger partial charge in [0.05, 0.1) is 31.6 Å². The molecule has 2 aromatic heterocycles. The molecule has 1 aliphatic carbocycles. The summed E-state index contributed by atoms with van der Waals surface area (Å²) in [7, 11) is 0. The van der Waals surface area contributed by atoms with E-state index >= 15 is 0 Å². The zero-order valence-corrected chi connectivity index (χ0v) is 12.8. The first-order chi connectivity index (χ1) is 9.86. The molecular formula is C15H21N4S+. The summed E-state index contributed by atoms with van der Waals surface area (Å²) in [5.74, 6) is 2.22. The van der Waals surface area contributed by atoms with E-state index in [1.807, 2.05) is 11.3 Å². The van der Waals surface area contributed by atoms with Crippen LogP contribution < -0.4 is 10.2 Å². The predicted molar refractivity (Wildman–Crippen MR) is 82.7 cm³/mol. The maximum atomic E-state index is 4.90. The van der Waals surface area contributed by atoms with Gasteiger partial charge in [0.15, 0.2) is 0 Å². The molecule has 1 fully saturated rings. The first kappa shape index (κ1) is 12.5. The van der Waals surface area contributed by atoms with E-state index in [-0.39, 0.29) is 0 Å². The Morgan fingerprint density at radius 2 is 2.05 bits per heavy atom. The fraction of sp³-hybridized carbons (Fsp3) is 0.600. The number of nitrogens with zero attached hydrogens (tertiary/aromatic N) is 3. The van der Waals surface area contributed by atoms with Crippen LogP contribution in [0, 0.1) is 0 Å². The minimum atomic E-state index is 0.922. The van der Waals surface area contributed by atoms with Gasteiger partial charge in [-0.15, -0.1) is 11.3 Å². The van der Waals surface area contributed by atoms with Crippen LogP contribution in [0.4, 0.5) is 5.82 Å². The second-order valence-electron chi connectivity index (χ2n) is 5.71. The summed E-state index contributed by atoms with van der Waals surface area (Å²) in [6.07, 6.45) is 4.69. The van der Waals surface area contributed by atoms with Gasteiger partial charge in [0.2, 0.25) is 0 Å². The molecule has 0 radical (unpaired) electrons. The molecular weight excluding hydrogens is 268 g/mol. The Bertz CT molecular complexity index is 643. The number of fused-ring (bicyclic) bond motifs is 3. The topological polar surface area (TPSA) is 45.6 Å². The lowest BCUT2D eigenvalue weighted by Gasteiger charge is -2.27. The van der Waals surface area contributed by atoms with Crippen molar-refractivity contribution in [2.45, 2.75) is 32.6 Å². The molecule has 3 heterocycles. The predicted octanol–water partition coefficient (Wildman–Crippen LogP) is 1.13. The molecule has 1 saturated heterocycles. The summed E-state index contributed by atoms with van der Waals surface area (Å²) in [5, 5.41) is 3.77. The number of aryl methyl sites for hydroxylation is 3. The summed E-state index contributed by atoms with van der Waals surface area (Å²) in [6, 6.07) is 0. The molecule has 106 valence electrons. The van der Waals surface area contributed by atoms with Crippen molar-refractivity contribution in [3.63, 3.8) is 0 Å². The average Bonchev–Trinajstić information content (AvgIpc) is 3.07. The van der Waals surface area contributed by atoms with Gasteiger partial charge in [-0.25, -0.2) is 9.97 Å². The van der Waals surface area contributed by atoms with Crippen LogP contribution in [0.2, 0.25) is 0 Å². The van der Waals surface area contributed by atoms with Gasteiger partial charge in [-0.1, -0.05) is 6.92 Å². The van der Waals surface area contributed by atoms with E-state index in [0.29, 0.717) is 0 Å². The molecule has 2 N–H and O–H groups in total. The van der Waals surface area contributed by atoms with Crippen molar-refractivity contribution in [3.8, 4) is 0 Å². The van der Waals surface area contributed by atoms with Crippen LogP contribution in [0.15, 0.2) is 0 Å². The molecule has 0 aromatic carbocycles. The summed E-state index contributed by atoms with van der Waals surface area (Å²) in [5.41, 5.74) is 1.55. The maximum absolute atomic E-state index is 4.90. The van der Waals surface area contributed by atoms with Gasteiger partial charge in [0.1, 0.15) is 16.5 Å². The summed E-state index contributed by atoms with van der Waals surface area (Å²) in [6.45, 7) is 6.73. The zero-order chi connectivity index (χ0) is 13.5. The van der Waals surface area contributed by atoms with Crippen molar-refractivity contribution >= 4 is 27.4 Å². The number of nitrogens with two attached hydrogens (primary N) is 1. The lowest BCUT2D eigenvalue weighted by molar-refractivity contribution is -0.655. The lowest BCUT2D eigenvalue weighted by Crippen LogP contribution is -2.89. The number of hydrogen-bond donors (Lipinski definition) is 1. The number of thiophene rings is 1.